The smallest absolute Gasteiger partial charge is 0.242 e. The second-order valence-electron chi connectivity index (χ2n) is 5.03. The lowest BCUT2D eigenvalue weighted by Gasteiger charge is -2.35. The van der Waals surface area contributed by atoms with Crippen molar-refractivity contribution in [1.82, 2.24) is 10.2 Å². The molecule has 1 rings (SSSR count). The highest BCUT2D eigenvalue weighted by molar-refractivity contribution is 5.84. The van der Waals surface area contributed by atoms with Crippen LogP contribution in [0.25, 0.3) is 0 Å². The number of amides is 2. The van der Waals surface area contributed by atoms with E-state index in [2.05, 4.69) is 19.2 Å². The maximum atomic E-state index is 12.1. The molecule has 1 N–H and O–H groups in total. The Hall–Kier alpha value is -1.06. The van der Waals surface area contributed by atoms with E-state index in [1.165, 1.54) is 6.42 Å². The van der Waals surface area contributed by atoms with E-state index >= 15 is 0 Å². The number of nitrogens with zero attached hydrogens (tertiary/aromatic N) is 1. The van der Waals surface area contributed by atoms with Crippen LogP contribution in [0.1, 0.15) is 58.8 Å². The molecule has 0 aliphatic carbocycles. The van der Waals surface area contributed by atoms with Gasteiger partial charge in [-0.25, -0.2) is 0 Å². The summed E-state index contributed by atoms with van der Waals surface area (Å²) in [7, 11) is 0. The average molecular weight is 254 g/mol. The van der Waals surface area contributed by atoms with E-state index in [-0.39, 0.29) is 18.4 Å². The summed E-state index contributed by atoms with van der Waals surface area (Å²) in [6, 6.07) is 0.374. The van der Waals surface area contributed by atoms with Crippen LogP contribution in [-0.4, -0.2) is 35.8 Å². The molecule has 1 unspecified atom stereocenters. The van der Waals surface area contributed by atoms with Gasteiger partial charge >= 0.3 is 0 Å². The summed E-state index contributed by atoms with van der Waals surface area (Å²) in [6.07, 6.45) is 6.84. The molecule has 1 heterocycles. The maximum absolute atomic E-state index is 12.1. The largest absolute Gasteiger partial charge is 0.347 e. The molecule has 1 saturated heterocycles. The average Bonchev–Trinajstić information content (AvgIpc) is 2.42. The molecule has 1 fully saturated rings. The van der Waals surface area contributed by atoms with Gasteiger partial charge in [-0.05, 0) is 32.1 Å². The summed E-state index contributed by atoms with van der Waals surface area (Å²) in [5, 5.41) is 2.73. The Morgan fingerprint density at radius 2 is 2.06 bits per heavy atom. The van der Waals surface area contributed by atoms with E-state index in [9.17, 15) is 9.59 Å². The first kappa shape index (κ1) is 15.0. The molecule has 0 aromatic carbocycles. The first-order valence-corrected chi connectivity index (χ1v) is 7.25. The van der Waals surface area contributed by atoms with Crippen molar-refractivity contribution in [3.8, 4) is 0 Å². The fraction of sp³-hybridized carbons (Fsp3) is 0.857. The van der Waals surface area contributed by atoms with Crippen LogP contribution in [0.2, 0.25) is 0 Å². The summed E-state index contributed by atoms with van der Waals surface area (Å²) in [5.74, 6) is 0.0710. The van der Waals surface area contributed by atoms with Gasteiger partial charge in [0.05, 0.1) is 6.54 Å². The highest BCUT2D eigenvalue weighted by Gasteiger charge is 2.24. The Labute approximate surface area is 110 Å². The van der Waals surface area contributed by atoms with Crippen LogP contribution in [0.5, 0.6) is 0 Å². The van der Waals surface area contributed by atoms with E-state index in [0.29, 0.717) is 12.5 Å². The summed E-state index contributed by atoms with van der Waals surface area (Å²) in [4.78, 5) is 25.5. The Kier molecular flexibility index (Phi) is 6.76. The van der Waals surface area contributed by atoms with Gasteiger partial charge in [0.15, 0.2) is 0 Å². The van der Waals surface area contributed by atoms with Crippen molar-refractivity contribution in [2.45, 2.75) is 64.8 Å². The third-order valence-electron chi connectivity index (χ3n) is 3.61. The Balaban J connectivity index is 2.32. The third kappa shape index (κ3) is 4.67. The van der Waals surface area contributed by atoms with Gasteiger partial charge in [-0.15, -0.1) is 0 Å². The molecule has 4 heteroatoms. The van der Waals surface area contributed by atoms with Gasteiger partial charge < -0.3 is 10.2 Å². The second kappa shape index (κ2) is 8.11. The Morgan fingerprint density at radius 1 is 1.28 bits per heavy atom. The number of rotatable bonds is 6. The molecule has 2 amide bonds. The standard InChI is InChI=1S/C14H26N2O2/c1-3-5-9-13(17)15-11-14(18)16-10-7-6-8-12(16)4-2/h12H,3-11H2,1-2H3,(H,15,17). The van der Waals surface area contributed by atoms with Gasteiger partial charge in [-0.1, -0.05) is 20.3 Å². The number of piperidine rings is 1. The van der Waals surface area contributed by atoms with E-state index in [1.807, 2.05) is 4.90 Å². The Bertz CT molecular complexity index is 279. The molecule has 1 aliphatic heterocycles. The number of hydrogen-bond acceptors (Lipinski definition) is 2. The van der Waals surface area contributed by atoms with Crippen LogP contribution >= 0.6 is 0 Å². The van der Waals surface area contributed by atoms with Crippen molar-refractivity contribution < 1.29 is 9.59 Å². The topological polar surface area (TPSA) is 49.4 Å². The molecular weight excluding hydrogens is 228 g/mol. The molecule has 0 spiro atoms. The fourth-order valence-corrected chi connectivity index (χ4v) is 2.45. The number of carbonyl (C=O) groups excluding carboxylic acids is 2. The van der Waals surface area contributed by atoms with Gasteiger partial charge in [0.1, 0.15) is 0 Å². The quantitative estimate of drug-likeness (QED) is 0.789. The molecule has 104 valence electrons. The van der Waals surface area contributed by atoms with Crippen LogP contribution in [0.15, 0.2) is 0 Å². The molecule has 0 aromatic heterocycles. The van der Waals surface area contributed by atoms with Gasteiger partial charge in [0.25, 0.3) is 0 Å². The van der Waals surface area contributed by atoms with Crippen LogP contribution in [0, 0.1) is 0 Å². The summed E-state index contributed by atoms with van der Waals surface area (Å²) >= 11 is 0. The second-order valence-corrected chi connectivity index (χ2v) is 5.03. The van der Waals surface area contributed by atoms with Crippen LogP contribution in [0.3, 0.4) is 0 Å². The van der Waals surface area contributed by atoms with Crippen molar-refractivity contribution in [2.24, 2.45) is 0 Å². The maximum Gasteiger partial charge on any atom is 0.242 e. The summed E-state index contributed by atoms with van der Waals surface area (Å²) in [5.41, 5.74) is 0. The highest BCUT2D eigenvalue weighted by atomic mass is 16.2. The van der Waals surface area contributed by atoms with Crippen molar-refractivity contribution >= 4 is 11.8 Å². The van der Waals surface area contributed by atoms with Crippen molar-refractivity contribution in [2.75, 3.05) is 13.1 Å². The lowest BCUT2D eigenvalue weighted by Crippen LogP contribution is -2.47. The number of carbonyl (C=O) groups is 2. The highest BCUT2D eigenvalue weighted by Crippen LogP contribution is 2.19. The van der Waals surface area contributed by atoms with Crippen molar-refractivity contribution in [3.05, 3.63) is 0 Å². The number of nitrogens with one attached hydrogen (secondary N) is 1. The van der Waals surface area contributed by atoms with Crippen LogP contribution in [0.4, 0.5) is 0 Å². The predicted octanol–water partition coefficient (Wildman–Crippen LogP) is 2.08. The number of unbranched alkanes of at least 4 members (excludes halogenated alkanes) is 1. The van der Waals surface area contributed by atoms with Crippen molar-refractivity contribution in [1.29, 1.82) is 0 Å². The summed E-state index contributed by atoms with van der Waals surface area (Å²) in [6.45, 7) is 5.19. The molecule has 0 aromatic rings. The molecule has 1 atom stereocenters. The SMILES string of the molecule is CCCCC(=O)NCC(=O)N1CCCCC1CC. The Morgan fingerprint density at radius 3 is 2.72 bits per heavy atom. The van der Waals surface area contributed by atoms with Crippen LogP contribution in [-0.2, 0) is 9.59 Å². The molecular formula is C14H26N2O2. The van der Waals surface area contributed by atoms with Gasteiger partial charge in [-0.3, -0.25) is 9.59 Å². The van der Waals surface area contributed by atoms with Gasteiger partial charge in [-0.2, -0.15) is 0 Å². The van der Waals surface area contributed by atoms with E-state index in [1.54, 1.807) is 0 Å². The van der Waals surface area contributed by atoms with Gasteiger partial charge in [0, 0.05) is 19.0 Å². The number of hydrogen-bond donors (Lipinski definition) is 1. The minimum atomic E-state index is -0.00439. The van der Waals surface area contributed by atoms with E-state index in [0.717, 1.165) is 38.6 Å². The first-order valence-electron chi connectivity index (χ1n) is 7.25. The molecule has 1 aliphatic rings. The normalized spacial score (nSPS) is 19.7. The van der Waals surface area contributed by atoms with Crippen LogP contribution < -0.4 is 5.32 Å². The lowest BCUT2D eigenvalue weighted by molar-refractivity contribution is -0.136. The minimum Gasteiger partial charge on any atom is -0.347 e. The molecule has 0 radical (unpaired) electrons. The molecule has 18 heavy (non-hydrogen) atoms. The zero-order valence-electron chi connectivity index (χ0n) is 11.7. The first-order chi connectivity index (χ1) is 8.69. The zero-order valence-corrected chi connectivity index (χ0v) is 11.7. The summed E-state index contributed by atoms with van der Waals surface area (Å²) < 4.78 is 0. The van der Waals surface area contributed by atoms with Crippen molar-refractivity contribution in [3.63, 3.8) is 0 Å². The molecule has 0 bridgehead atoms. The monoisotopic (exact) mass is 254 g/mol. The zero-order chi connectivity index (χ0) is 13.4. The lowest BCUT2D eigenvalue weighted by atomic mass is 10.00. The van der Waals surface area contributed by atoms with E-state index in [4.69, 9.17) is 0 Å². The fourth-order valence-electron chi connectivity index (χ4n) is 2.45. The molecule has 0 saturated carbocycles. The molecule has 4 nitrogen and oxygen atoms in total. The minimum absolute atomic E-state index is 0.00439. The predicted molar refractivity (Wildman–Crippen MR) is 72.2 cm³/mol. The van der Waals surface area contributed by atoms with Gasteiger partial charge in [0.2, 0.25) is 11.8 Å². The van der Waals surface area contributed by atoms with E-state index < -0.39 is 0 Å². The number of likely N-dealkylation sites (tertiary alicyclic amines) is 1. The third-order valence-corrected chi connectivity index (χ3v) is 3.61.